The zero-order valence-corrected chi connectivity index (χ0v) is 9.82. The highest BCUT2D eigenvalue weighted by Gasteiger charge is 2.51. The summed E-state index contributed by atoms with van der Waals surface area (Å²) in [6.45, 7) is -0.729. The van der Waals surface area contributed by atoms with Gasteiger partial charge in [0.05, 0.1) is 31.1 Å². The summed E-state index contributed by atoms with van der Waals surface area (Å²) in [5, 5.41) is 29.5. The van der Waals surface area contributed by atoms with Gasteiger partial charge in [-0.15, -0.1) is 0 Å². The summed E-state index contributed by atoms with van der Waals surface area (Å²) in [6.07, 6.45) is 4.45. The molecule has 4 N–H and O–H groups in total. The number of carbonyl (C=O) groups is 2. The maximum absolute atomic E-state index is 12.0. The van der Waals surface area contributed by atoms with Gasteiger partial charge in [-0.25, -0.2) is 0 Å². The van der Waals surface area contributed by atoms with E-state index in [1.165, 1.54) is 0 Å². The number of carbonyl (C=O) groups excluding carboxylic acids is 1. The van der Waals surface area contributed by atoms with Crippen molar-refractivity contribution in [3.8, 4) is 0 Å². The van der Waals surface area contributed by atoms with Gasteiger partial charge in [0.1, 0.15) is 0 Å². The highest BCUT2D eigenvalue weighted by Crippen LogP contribution is 2.48. The topological polar surface area (TPSA) is 107 Å². The average Bonchev–Trinajstić information content (AvgIpc) is 2.95. The zero-order valence-electron chi connectivity index (χ0n) is 9.82. The van der Waals surface area contributed by atoms with Crippen LogP contribution in [0.2, 0.25) is 0 Å². The number of allylic oxidation sites excluding steroid dienone is 2. The van der Waals surface area contributed by atoms with Gasteiger partial charge in [0.25, 0.3) is 0 Å². The predicted octanol–water partition coefficient (Wildman–Crippen LogP) is -1.02. The molecule has 0 saturated heterocycles. The first-order chi connectivity index (χ1) is 8.58. The maximum atomic E-state index is 12.0. The summed E-state index contributed by atoms with van der Waals surface area (Å²) in [4.78, 5) is 23.3. The second kappa shape index (κ2) is 5.07. The Labute approximate surface area is 104 Å². The van der Waals surface area contributed by atoms with Crippen molar-refractivity contribution in [1.29, 1.82) is 0 Å². The quantitative estimate of drug-likeness (QED) is 0.470. The summed E-state index contributed by atoms with van der Waals surface area (Å²) < 4.78 is 0. The third-order valence-corrected chi connectivity index (χ3v) is 3.83. The van der Waals surface area contributed by atoms with E-state index < -0.39 is 29.8 Å². The van der Waals surface area contributed by atoms with Gasteiger partial charge in [0, 0.05) is 0 Å². The molecule has 2 bridgehead atoms. The van der Waals surface area contributed by atoms with Crippen LogP contribution in [0.4, 0.5) is 0 Å². The molecule has 1 amide bonds. The van der Waals surface area contributed by atoms with Gasteiger partial charge in [-0.1, -0.05) is 12.2 Å². The van der Waals surface area contributed by atoms with Gasteiger partial charge in [-0.3, -0.25) is 9.59 Å². The molecule has 18 heavy (non-hydrogen) atoms. The molecule has 0 aromatic carbocycles. The normalized spacial score (nSPS) is 33.1. The molecule has 2 rings (SSSR count). The van der Waals surface area contributed by atoms with Crippen molar-refractivity contribution in [3.63, 3.8) is 0 Å². The summed E-state index contributed by atoms with van der Waals surface area (Å²) in [7, 11) is 0. The van der Waals surface area contributed by atoms with Crippen molar-refractivity contribution in [1.82, 2.24) is 5.32 Å². The molecule has 4 atom stereocenters. The van der Waals surface area contributed by atoms with Gasteiger partial charge in [0.2, 0.25) is 5.91 Å². The lowest BCUT2D eigenvalue weighted by Gasteiger charge is -2.25. The number of fused-ring (bicyclic) bond motifs is 2. The Morgan fingerprint density at radius 1 is 1.17 bits per heavy atom. The number of aliphatic carboxylic acids is 1. The Morgan fingerprint density at radius 2 is 1.72 bits per heavy atom. The van der Waals surface area contributed by atoms with Gasteiger partial charge >= 0.3 is 5.97 Å². The monoisotopic (exact) mass is 255 g/mol. The number of rotatable bonds is 5. The lowest BCUT2D eigenvalue weighted by molar-refractivity contribution is -0.148. The van der Waals surface area contributed by atoms with Crippen LogP contribution in [0.3, 0.4) is 0 Å². The SMILES string of the molecule is O=C(O)C1C2C=CC(C2)C1C(=O)NC(CO)CO. The maximum Gasteiger partial charge on any atom is 0.307 e. The summed E-state index contributed by atoms with van der Waals surface area (Å²) >= 11 is 0. The molecule has 6 heteroatoms. The van der Waals surface area contributed by atoms with E-state index in [0.29, 0.717) is 6.42 Å². The lowest BCUT2D eigenvalue weighted by atomic mass is 9.82. The molecule has 1 fully saturated rings. The molecular weight excluding hydrogens is 238 g/mol. The minimum absolute atomic E-state index is 0.0471. The summed E-state index contributed by atoms with van der Waals surface area (Å²) in [6, 6.07) is -0.727. The van der Waals surface area contributed by atoms with Crippen LogP contribution in [0.15, 0.2) is 12.2 Å². The molecule has 0 aromatic heterocycles. The Hall–Kier alpha value is -1.40. The summed E-state index contributed by atoms with van der Waals surface area (Å²) in [5.41, 5.74) is 0. The van der Waals surface area contributed by atoms with E-state index in [2.05, 4.69) is 5.32 Å². The van der Waals surface area contributed by atoms with Crippen molar-refractivity contribution in [2.24, 2.45) is 23.7 Å². The number of amides is 1. The molecule has 0 spiro atoms. The number of aliphatic hydroxyl groups excluding tert-OH is 2. The van der Waals surface area contributed by atoms with E-state index in [0.717, 1.165) is 0 Å². The van der Waals surface area contributed by atoms with Crippen molar-refractivity contribution >= 4 is 11.9 Å². The number of carboxylic acid groups (broad SMARTS) is 1. The van der Waals surface area contributed by atoms with E-state index in [4.69, 9.17) is 10.2 Å². The number of hydrogen-bond acceptors (Lipinski definition) is 4. The molecule has 1 saturated carbocycles. The third kappa shape index (κ3) is 2.13. The van der Waals surface area contributed by atoms with E-state index in [-0.39, 0.29) is 25.0 Å². The Kier molecular flexibility index (Phi) is 3.68. The first kappa shape index (κ1) is 13.0. The van der Waals surface area contributed by atoms with Crippen LogP contribution in [0.25, 0.3) is 0 Å². The smallest absolute Gasteiger partial charge is 0.307 e. The Balaban J connectivity index is 2.09. The van der Waals surface area contributed by atoms with Crippen molar-refractivity contribution in [2.75, 3.05) is 13.2 Å². The zero-order chi connectivity index (χ0) is 13.3. The largest absolute Gasteiger partial charge is 0.481 e. The molecule has 0 heterocycles. The Morgan fingerprint density at radius 3 is 2.22 bits per heavy atom. The highest BCUT2D eigenvalue weighted by atomic mass is 16.4. The molecule has 6 nitrogen and oxygen atoms in total. The standard InChI is InChI=1S/C12H17NO5/c14-4-8(5-15)13-11(16)9-6-1-2-7(3-6)10(9)12(17)18/h1-2,6-10,14-15H,3-5H2,(H,13,16)(H,17,18). The van der Waals surface area contributed by atoms with E-state index >= 15 is 0 Å². The van der Waals surface area contributed by atoms with Crippen LogP contribution in [0.5, 0.6) is 0 Å². The van der Waals surface area contributed by atoms with Crippen LogP contribution < -0.4 is 5.32 Å². The van der Waals surface area contributed by atoms with Crippen molar-refractivity contribution < 1.29 is 24.9 Å². The first-order valence-corrected chi connectivity index (χ1v) is 6.01. The van der Waals surface area contributed by atoms with E-state index in [1.807, 2.05) is 12.2 Å². The third-order valence-electron chi connectivity index (χ3n) is 3.83. The van der Waals surface area contributed by atoms with Crippen molar-refractivity contribution in [3.05, 3.63) is 12.2 Å². The molecule has 0 aliphatic heterocycles. The van der Waals surface area contributed by atoms with Crippen LogP contribution >= 0.6 is 0 Å². The fourth-order valence-electron chi connectivity index (χ4n) is 2.96. The number of aliphatic hydroxyl groups is 2. The van der Waals surface area contributed by atoms with Crippen LogP contribution in [0, 0.1) is 23.7 Å². The lowest BCUT2D eigenvalue weighted by Crippen LogP contribution is -2.47. The molecule has 100 valence electrons. The van der Waals surface area contributed by atoms with Gasteiger partial charge < -0.3 is 20.6 Å². The number of nitrogens with one attached hydrogen (secondary N) is 1. The van der Waals surface area contributed by atoms with Gasteiger partial charge in [-0.2, -0.15) is 0 Å². The molecule has 2 aliphatic carbocycles. The minimum atomic E-state index is -0.962. The molecular formula is C12H17NO5. The van der Waals surface area contributed by atoms with Crippen LogP contribution in [0.1, 0.15) is 6.42 Å². The second-order valence-electron chi connectivity index (χ2n) is 4.91. The average molecular weight is 255 g/mol. The number of hydrogen-bond donors (Lipinski definition) is 4. The Bertz CT molecular complexity index is 377. The van der Waals surface area contributed by atoms with E-state index in [1.54, 1.807) is 0 Å². The first-order valence-electron chi connectivity index (χ1n) is 6.01. The second-order valence-corrected chi connectivity index (χ2v) is 4.91. The molecule has 2 aliphatic rings. The van der Waals surface area contributed by atoms with Crippen molar-refractivity contribution in [2.45, 2.75) is 12.5 Å². The molecule has 0 radical (unpaired) electrons. The summed E-state index contributed by atoms with van der Waals surface area (Å²) in [5.74, 6) is -2.78. The highest BCUT2D eigenvalue weighted by molar-refractivity contribution is 5.87. The predicted molar refractivity (Wildman–Crippen MR) is 61.5 cm³/mol. The number of carboxylic acids is 1. The van der Waals surface area contributed by atoms with Crippen LogP contribution in [-0.2, 0) is 9.59 Å². The van der Waals surface area contributed by atoms with Gasteiger partial charge in [-0.05, 0) is 18.3 Å². The fraction of sp³-hybridized carbons (Fsp3) is 0.667. The van der Waals surface area contributed by atoms with Crippen LogP contribution in [-0.4, -0.2) is 46.5 Å². The molecule has 4 unspecified atom stereocenters. The fourth-order valence-corrected chi connectivity index (χ4v) is 2.96. The van der Waals surface area contributed by atoms with E-state index in [9.17, 15) is 14.7 Å². The minimum Gasteiger partial charge on any atom is -0.481 e. The molecule has 0 aromatic rings. The van der Waals surface area contributed by atoms with Gasteiger partial charge in [0.15, 0.2) is 0 Å².